The number of aromatic nitrogens is 4. The van der Waals surface area contributed by atoms with E-state index in [1.54, 1.807) is 10.8 Å². The van der Waals surface area contributed by atoms with Crippen LogP contribution in [0.25, 0.3) is 5.65 Å². The van der Waals surface area contributed by atoms with E-state index in [2.05, 4.69) is 44.9 Å². The summed E-state index contributed by atoms with van der Waals surface area (Å²) >= 11 is 0. The summed E-state index contributed by atoms with van der Waals surface area (Å²) in [5.41, 5.74) is 6.85. The summed E-state index contributed by atoms with van der Waals surface area (Å²) in [7, 11) is 0. The van der Waals surface area contributed by atoms with E-state index >= 15 is 0 Å². The van der Waals surface area contributed by atoms with Crippen LogP contribution < -0.4 is 5.43 Å². The number of aryl methyl sites for hydroxylation is 1. The molecule has 0 aliphatic carbocycles. The Morgan fingerprint density at radius 2 is 1.95 bits per heavy atom. The fourth-order valence-electron chi connectivity index (χ4n) is 1.79. The summed E-state index contributed by atoms with van der Waals surface area (Å²) in [5.74, 6) is 0.642. The van der Waals surface area contributed by atoms with Crippen molar-refractivity contribution in [2.75, 3.05) is 5.43 Å². The number of fused-ring (bicyclic) bond motifs is 1. The molecule has 6 nitrogen and oxygen atoms in total. The van der Waals surface area contributed by atoms with Gasteiger partial charge in [0, 0.05) is 0 Å². The molecular weight excluding hydrogens is 252 g/mol. The first-order valence-corrected chi connectivity index (χ1v) is 6.27. The highest BCUT2D eigenvalue weighted by molar-refractivity contribution is 5.99. The van der Waals surface area contributed by atoms with E-state index in [-0.39, 0.29) is 0 Å². The van der Waals surface area contributed by atoms with Gasteiger partial charge in [-0.3, -0.25) is 5.43 Å². The average Bonchev–Trinajstić information content (AvgIpc) is 2.93. The first kappa shape index (κ1) is 12.3. The lowest BCUT2D eigenvalue weighted by molar-refractivity contribution is 0.924. The van der Waals surface area contributed by atoms with Gasteiger partial charge in [0.1, 0.15) is 6.33 Å². The van der Waals surface area contributed by atoms with Gasteiger partial charge in [-0.2, -0.15) is 9.62 Å². The van der Waals surface area contributed by atoms with Crippen LogP contribution in [0.2, 0.25) is 0 Å². The van der Waals surface area contributed by atoms with Gasteiger partial charge in [0.25, 0.3) is 0 Å². The number of hydrogen-bond donors (Lipinski definition) is 1. The summed E-state index contributed by atoms with van der Waals surface area (Å²) in [5, 5.41) is 16.3. The van der Waals surface area contributed by atoms with Crippen LogP contribution in [0.3, 0.4) is 0 Å². The minimum absolute atomic E-state index is 0.642. The third-order valence-corrected chi connectivity index (χ3v) is 2.97. The Bertz CT molecular complexity index is 757. The first-order valence-electron chi connectivity index (χ1n) is 6.27. The fraction of sp³-hybridized carbons (Fsp3) is 0.143. The maximum atomic E-state index is 4.34. The molecule has 0 aliphatic rings. The molecule has 0 aliphatic heterocycles. The van der Waals surface area contributed by atoms with Crippen molar-refractivity contribution in [3.8, 4) is 0 Å². The van der Waals surface area contributed by atoms with Gasteiger partial charge in [0.05, 0.1) is 5.71 Å². The number of nitrogens with one attached hydrogen (secondary N) is 1. The molecule has 1 aromatic carbocycles. The number of benzene rings is 1. The van der Waals surface area contributed by atoms with E-state index in [0.29, 0.717) is 11.5 Å². The molecule has 3 aromatic rings. The quantitative estimate of drug-likeness (QED) is 0.583. The van der Waals surface area contributed by atoms with E-state index in [1.807, 2.05) is 31.2 Å². The summed E-state index contributed by atoms with van der Waals surface area (Å²) in [4.78, 5) is 0. The molecule has 0 radical (unpaired) electrons. The van der Waals surface area contributed by atoms with Crippen LogP contribution in [-0.4, -0.2) is 25.5 Å². The highest BCUT2D eigenvalue weighted by atomic mass is 15.4. The van der Waals surface area contributed by atoms with Crippen LogP contribution in [0.1, 0.15) is 18.1 Å². The Hall–Kier alpha value is -2.76. The van der Waals surface area contributed by atoms with Crippen molar-refractivity contribution in [3.05, 3.63) is 53.9 Å². The third-order valence-electron chi connectivity index (χ3n) is 2.97. The molecule has 0 spiro atoms. The molecule has 2 heterocycles. The minimum atomic E-state index is 0.642. The second-order valence-electron chi connectivity index (χ2n) is 4.53. The predicted octanol–water partition coefficient (Wildman–Crippen LogP) is 2.27. The van der Waals surface area contributed by atoms with Gasteiger partial charge in [-0.15, -0.1) is 15.3 Å². The van der Waals surface area contributed by atoms with Crippen LogP contribution in [0, 0.1) is 6.92 Å². The van der Waals surface area contributed by atoms with E-state index in [1.165, 1.54) is 5.56 Å². The summed E-state index contributed by atoms with van der Waals surface area (Å²) in [6.07, 6.45) is 1.55. The average molecular weight is 266 g/mol. The van der Waals surface area contributed by atoms with Crippen molar-refractivity contribution in [2.24, 2.45) is 5.10 Å². The van der Waals surface area contributed by atoms with Crippen molar-refractivity contribution in [3.63, 3.8) is 0 Å². The highest BCUT2D eigenvalue weighted by Gasteiger charge is 2.00. The van der Waals surface area contributed by atoms with E-state index in [4.69, 9.17) is 0 Å². The summed E-state index contributed by atoms with van der Waals surface area (Å²) in [6.45, 7) is 4.02. The van der Waals surface area contributed by atoms with Gasteiger partial charge in [0.2, 0.25) is 0 Å². The van der Waals surface area contributed by atoms with Crippen LogP contribution in [-0.2, 0) is 0 Å². The lowest BCUT2D eigenvalue weighted by Gasteiger charge is -2.03. The maximum Gasteiger partial charge on any atom is 0.177 e. The topological polar surface area (TPSA) is 67.5 Å². The normalized spacial score (nSPS) is 11.8. The zero-order chi connectivity index (χ0) is 13.9. The van der Waals surface area contributed by atoms with Crippen LogP contribution in [0.5, 0.6) is 0 Å². The molecule has 20 heavy (non-hydrogen) atoms. The molecule has 6 heteroatoms. The molecule has 100 valence electrons. The lowest BCUT2D eigenvalue weighted by Crippen LogP contribution is -2.02. The molecule has 0 fully saturated rings. The SMILES string of the molecule is CC(=NNc1ccc2nncn2n1)c1ccc(C)cc1. The van der Waals surface area contributed by atoms with Crippen LogP contribution >= 0.6 is 0 Å². The van der Waals surface area contributed by atoms with Gasteiger partial charge in [-0.1, -0.05) is 29.8 Å². The van der Waals surface area contributed by atoms with Crippen molar-refractivity contribution in [1.82, 2.24) is 19.8 Å². The van der Waals surface area contributed by atoms with Crippen molar-refractivity contribution < 1.29 is 0 Å². The molecule has 2 aromatic heterocycles. The Kier molecular flexibility index (Phi) is 3.12. The molecule has 0 unspecified atom stereocenters. The first-order chi connectivity index (χ1) is 9.72. The van der Waals surface area contributed by atoms with E-state index in [9.17, 15) is 0 Å². The molecule has 0 atom stereocenters. The zero-order valence-electron chi connectivity index (χ0n) is 11.3. The number of hydrogen-bond acceptors (Lipinski definition) is 5. The Morgan fingerprint density at radius 3 is 2.75 bits per heavy atom. The smallest absolute Gasteiger partial charge is 0.177 e. The number of nitrogens with zero attached hydrogens (tertiary/aromatic N) is 5. The molecule has 0 amide bonds. The molecule has 1 N–H and O–H groups in total. The lowest BCUT2D eigenvalue weighted by atomic mass is 10.1. The van der Waals surface area contributed by atoms with Crippen molar-refractivity contribution in [1.29, 1.82) is 0 Å². The molecule has 0 saturated heterocycles. The van der Waals surface area contributed by atoms with Gasteiger partial charge >= 0.3 is 0 Å². The number of rotatable bonds is 3. The van der Waals surface area contributed by atoms with Gasteiger partial charge < -0.3 is 0 Å². The van der Waals surface area contributed by atoms with E-state index < -0.39 is 0 Å². The minimum Gasteiger partial charge on any atom is -0.260 e. The Labute approximate surface area is 116 Å². The van der Waals surface area contributed by atoms with Gasteiger partial charge in [-0.05, 0) is 31.5 Å². The fourth-order valence-corrected chi connectivity index (χ4v) is 1.79. The summed E-state index contributed by atoms with van der Waals surface area (Å²) < 4.78 is 1.60. The summed E-state index contributed by atoms with van der Waals surface area (Å²) in [6, 6.07) is 11.9. The monoisotopic (exact) mass is 266 g/mol. The van der Waals surface area contributed by atoms with Gasteiger partial charge in [-0.25, -0.2) is 0 Å². The largest absolute Gasteiger partial charge is 0.260 e. The molecule has 0 saturated carbocycles. The molecule has 3 rings (SSSR count). The zero-order valence-corrected chi connectivity index (χ0v) is 11.3. The predicted molar refractivity (Wildman–Crippen MR) is 77.8 cm³/mol. The van der Waals surface area contributed by atoms with Crippen molar-refractivity contribution >= 4 is 17.2 Å². The van der Waals surface area contributed by atoms with Crippen molar-refractivity contribution in [2.45, 2.75) is 13.8 Å². The number of hydrazone groups is 1. The second-order valence-corrected chi connectivity index (χ2v) is 4.53. The second kappa shape index (κ2) is 5.08. The van der Waals surface area contributed by atoms with Crippen LogP contribution in [0.15, 0.2) is 47.8 Å². The molecule has 0 bridgehead atoms. The highest BCUT2D eigenvalue weighted by Crippen LogP contribution is 2.07. The van der Waals surface area contributed by atoms with Crippen LogP contribution in [0.4, 0.5) is 5.82 Å². The molecular formula is C14H14N6. The van der Waals surface area contributed by atoms with Gasteiger partial charge in [0.15, 0.2) is 11.5 Å². The Balaban J connectivity index is 1.80. The van der Waals surface area contributed by atoms with E-state index in [0.717, 1.165) is 11.3 Å². The standard InChI is InChI=1S/C14H14N6/c1-10-3-5-12(6-4-10)11(2)16-17-13-7-8-14-18-15-9-20(14)19-13/h3-9H,1-2H3,(H,17,19). The number of anilines is 1. The third kappa shape index (κ3) is 2.49. The Morgan fingerprint density at radius 1 is 1.15 bits per heavy atom. The maximum absolute atomic E-state index is 4.34.